The van der Waals surface area contributed by atoms with Crippen molar-refractivity contribution in [3.05, 3.63) is 59.2 Å². The molecule has 2 aromatic rings. The van der Waals surface area contributed by atoms with Crippen molar-refractivity contribution in [3.8, 4) is 5.75 Å². The zero-order valence-corrected chi connectivity index (χ0v) is 12.2. The summed E-state index contributed by atoms with van der Waals surface area (Å²) in [5, 5.41) is 12.2. The van der Waals surface area contributed by atoms with Crippen molar-refractivity contribution < 1.29 is 14.6 Å². The van der Waals surface area contributed by atoms with Gasteiger partial charge in [0.05, 0.1) is 5.56 Å². The predicted molar refractivity (Wildman–Crippen MR) is 83.3 cm³/mol. The molecule has 0 aliphatic rings. The van der Waals surface area contributed by atoms with Crippen LogP contribution in [0, 0.1) is 13.8 Å². The van der Waals surface area contributed by atoms with Gasteiger partial charge in [0.15, 0.2) is 0 Å². The van der Waals surface area contributed by atoms with Crippen molar-refractivity contribution in [2.45, 2.75) is 13.8 Å². The van der Waals surface area contributed by atoms with E-state index in [0.29, 0.717) is 18.8 Å². The Hall–Kier alpha value is -2.49. The minimum Gasteiger partial charge on any atom is -0.492 e. The number of benzene rings is 2. The van der Waals surface area contributed by atoms with Crippen molar-refractivity contribution in [2.24, 2.45) is 0 Å². The second kappa shape index (κ2) is 6.79. The molecule has 0 amide bonds. The topological polar surface area (TPSA) is 58.6 Å². The molecular weight excluding hydrogens is 266 g/mol. The van der Waals surface area contributed by atoms with E-state index in [-0.39, 0.29) is 5.56 Å². The van der Waals surface area contributed by atoms with Gasteiger partial charge in [-0.2, -0.15) is 0 Å². The van der Waals surface area contributed by atoms with E-state index in [1.165, 1.54) is 11.1 Å². The highest BCUT2D eigenvalue weighted by molar-refractivity contribution is 5.94. The number of carboxylic acids is 1. The van der Waals surface area contributed by atoms with Crippen LogP contribution >= 0.6 is 0 Å². The Morgan fingerprint density at radius 2 is 1.90 bits per heavy atom. The quantitative estimate of drug-likeness (QED) is 0.798. The fourth-order valence-electron chi connectivity index (χ4n) is 1.98. The third-order valence-corrected chi connectivity index (χ3v) is 3.32. The number of rotatable bonds is 6. The number of carboxylic acid groups (broad SMARTS) is 1. The van der Waals surface area contributed by atoms with Crippen molar-refractivity contribution in [1.29, 1.82) is 0 Å². The molecular formula is C17H19NO3. The maximum atomic E-state index is 11.1. The molecule has 0 bridgehead atoms. The first-order valence-corrected chi connectivity index (χ1v) is 6.84. The smallest absolute Gasteiger partial charge is 0.337 e. The number of hydrogen-bond acceptors (Lipinski definition) is 3. The van der Waals surface area contributed by atoms with E-state index in [1.807, 2.05) is 25.1 Å². The zero-order valence-electron chi connectivity index (χ0n) is 12.2. The molecule has 2 aromatic carbocycles. The molecule has 0 unspecified atom stereocenters. The van der Waals surface area contributed by atoms with Gasteiger partial charge in [0.25, 0.3) is 0 Å². The molecule has 0 atom stereocenters. The summed E-state index contributed by atoms with van der Waals surface area (Å²) in [6.07, 6.45) is 0. The average Bonchev–Trinajstić information content (AvgIpc) is 2.47. The highest BCUT2D eigenvalue weighted by atomic mass is 16.5. The summed E-state index contributed by atoms with van der Waals surface area (Å²) in [4.78, 5) is 11.1. The van der Waals surface area contributed by atoms with Gasteiger partial charge < -0.3 is 15.2 Å². The minimum absolute atomic E-state index is 0.267. The predicted octanol–water partition coefficient (Wildman–Crippen LogP) is 3.49. The molecule has 4 heteroatoms. The Balaban J connectivity index is 1.87. The van der Waals surface area contributed by atoms with Crippen LogP contribution in [0.25, 0.3) is 0 Å². The second-order valence-electron chi connectivity index (χ2n) is 4.87. The number of para-hydroxylation sites is 1. The molecule has 0 aliphatic heterocycles. The SMILES string of the molecule is Cc1ccc(OCCNc2ccccc2C(=O)O)cc1C. The summed E-state index contributed by atoms with van der Waals surface area (Å²) >= 11 is 0. The van der Waals surface area contributed by atoms with E-state index >= 15 is 0 Å². The van der Waals surface area contributed by atoms with Gasteiger partial charge >= 0.3 is 5.97 Å². The molecule has 21 heavy (non-hydrogen) atoms. The fourth-order valence-corrected chi connectivity index (χ4v) is 1.98. The lowest BCUT2D eigenvalue weighted by atomic mass is 10.1. The molecule has 0 saturated carbocycles. The first-order chi connectivity index (χ1) is 10.1. The van der Waals surface area contributed by atoms with Crippen LogP contribution in [0.5, 0.6) is 5.75 Å². The Morgan fingerprint density at radius 1 is 1.14 bits per heavy atom. The van der Waals surface area contributed by atoms with Gasteiger partial charge in [-0.15, -0.1) is 0 Å². The van der Waals surface area contributed by atoms with Crippen molar-refractivity contribution in [3.63, 3.8) is 0 Å². The van der Waals surface area contributed by atoms with Crippen LogP contribution in [-0.4, -0.2) is 24.2 Å². The van der Waals surface area contributed by atoms with Crippen LogP contribution in [0.2, 0.25) is 0 Å². The van der Waals surface area contributed by atoms with Crippen LogP contribution < -0.4 is 10.1 Å². The van der Waals surface area contributed by atoms with E-state index in [2.05, 4.69) is 12.2 Å². The molecule has 0 spiro atoms. The van der Waals surface area contributed by atoms with E-state index in [9.17, 15) is 4.79 Å². The van der Waals surface area contributed by atoms with E-state index in [1.54, 1.807) is 24.3 Å². The summed E-state index contributed by atoms with van der Waals surface area (Å²) in [5.74, 6) is -0.111. The molecule has 2 rings (SSSR count). The number of nitrogens with one attached hydrogen (secondary N) is 1. The number of aromatic carboxylic acids is 1. The van der Waals surface area contributed by atoms with E-state index in [0.717, 1.165) is 5.75 Å². The van der Waals surface area contributed by atoms with Crippen LogP contribution in [0.15, 0.2) is 42.5 Å². The summed E-state index contributed by atoms with van der Waals surface area (Å²) in [5.41, 5.74) is 3.30. The van der Waals surface area contributed by atoms with Crippen LogP contribution in [0.1, 0.15) is 21.5 Å². The molecule has 0 radical (unpaired) electrons. The lowest BCUT2D eigenvalue weighted by molar-refractivity contribution is 0.0698. The van der Waals surface area contributed by atoms with Crippen molar-refractivity contribution >= 4 is 11.7 Å². The number of carbonyl (C=O) groups is 1. The largest absolute Gasteiger partial charge is 0.492 e. The third kappa shape index (κ3) is 3.99. The highest BCUT2D eigenvalue weighted by Crippen LogP contribution is 2.17. The first-order valence-electron chi connectivity index (χ1n) is 6.84. The molecule has 2 N–H and O–H groups in total. The van der Waals surface area contributed by atoms with E-state index < -0.39 is 5.97 Å². The van der Waals surface area contributed by atoms with Gasteiger partial charge in [-0.1, -0.05) is 18.2 Å². The Kier molecular flexibility index (Phi) is 4.82. The maximum absolute atomic E-state index is 11.1. The van der Waals surface area contributed by atoms with Crippen molar-refractivity contribution in [1.82, 2.24) is 0 Å². The van der Waals surface area contributed by atoms with Gasteiger partial charge in [0, 0.05) is 12.2 Å². The van der Waals surface area contributed by atoms with Crippen molar-refractivity contribution in [2.75, 3.05) is 18.5 Å². The summed E-state index contributed by atoms with van der Waals surface area (Å²) in [6, 6.07) is 12.8. The summed E-state index contributed by atoms with van der Waals surface area (Å²) in [7, 11) is 0. The summed E-state index contributed by atoms with van der Waals surface area (Å²) < 4.78 is 5.65. The van der Waals surface area contributed by atoms with Crippen LogP contribution in [-0.2, 0) is 0 Å². The van der Waals surface area contributed by atoms with Crippen LogP contribution in [0.3, 0.4) is 0 Å². The molecule has 0 saturated heterocycles. The number of aryl methyl sites for hydroxylation is 2. The van der Waals surface area contributed by atoms with Gasteiger partial charge in [-0.25, -0.2) is 4.79 Å². The van der Waals surface area contributed by atoms with Gasteiger partial charge in [-0.05, 0) is 49.2 Å². The zero-order chi connectivity index (χ0) is 15.2. The molecule has 0 heterocycles. The Labute approximate surface area is 124 Å². The lowest BCUT2D eigenvalue weighted by Gasteiger charge is -2.11. The Bertz CT molecular complexity index is 638. The lowest BCUT2D eigenvalue weighted by Crippen LogP contribution is -2.13. The standard InChI is InChI=1S/C17H19NO3/c1-12-7-8-14(11-13(12)2)21-10-9-18-16-6-4-3-5-15(16)17(19)20/h3-8,11,18H,9-10H2,1-2H3,(H,19,20). The summed E-state index contributed by atoms with van der Waals surface area (Å²) in [6.45, 7) is 5.11. The first kappa shape index (κ1) is 14.9. The van der Waals surface area contributed by atoms with Crippen LogP contribution in [0.4, 0.5) is 5.69 Å². The number of anilines is 1. The molecule has 0 aromatic heterocycles. The molecule has 0 aliphatic carbocycles. The molecule has 4 nitrogen and oxygen atoms in total. The highest BCUT2D eigenvalue weighted by Gasteiger charge is 2.07. The number of hydrogen-bond donors (Lipinski definition) is 2. The van der Waals surface area contributed by atoms with E-state index in [4.69, 9.17) is 9.84 Å². The van der Waals surface area contributed by atoms with Gasteiger partial charge in [0.1, 0.15) is 12.4 Å². The number of ether oxygens (including phenoxy) is 1. The molecule has 110 valence electrons. The Morgan fingerprint density at radius 3 is 2.62 bits per heavy atom. The maximum Gasteiger partial charge on any atom is 0.337 e. The van der Waals surface area contributed by atoms with Gasteiger partial charge in [-0.3, -0.25) is 0 Å². The normalized spacial score (nSPS) is 10.2. The second-order valence-corrected chi connectivity index (χ2v) is 4.87. The average molecular weight is 285 g/mol. The third-order valence-electron chi connectivity index (χ3n) is 3.32. The molecule has 0 fully saturated rings. The monoisotopic (exact) mass is 285 g/mol. The van der Waals surface area contributed by atoms with Gasteiger partial charge in [0.2, 0.25) is 0 Å². The minimum atomic E-state index is -0.937. The fraction of sp³-hybridized carbons (Fsp3) is 0.235.